The third-order valence-electron chi connectivity index (χ3n) is 1.69. The van der Waals surface area contributed by atoms with E-state index >= 15 is 0 Å². The Labute approximate surface area is 102 Å². The van der Waals surface area contributed by atoms with E-state index in [-0.39, 0.29) is 0 Å². The summed E-state index contributed by atoms with van der Waals surface area (Å²) < 4.78 is 0. The van der Waals surface area contributed by atoms with Crippen LogP contribution in [0.4, 0.5) is 0 Å². The average Bonchev–Trinajstić information content (AvgIpc) is 2.18. The molecule has 0 aromatic rings. The smallest absolute Gasteiger partial charge is 0.0935 e. The summed E-state index contributed by atoms with van der Waals surface area (Å²) in [6, 6.07) is 0. The number of aliphatic hydroxyl groups excluding tert-OH is 2. The van der Waals surface area contributed by atoms with Gasteiger partial charge in [-0.2, -0.15) is 0 Å². The van der Waals surface area contributed by atoms with E-state index in [1.807, 2.05) is 0 Å². The second-order valence-corrected chi connectivity index (χ2v) is 4.51. The average molecular weight is 334 g/mol. The standard InChI is InChI=1S/C8H18Br2N2O2/c9-1-3-11-5-7(13)8(14)6-12-4-2-10/h7-8,11-14H,1-6H2/t7-,8+. The minimum Gasteiger partial charge on any atom is -0.389 e. The van der Waals surface area contributed by atoms with Gasteiger partial charge in [-0.25, -0.2) is 0 Å². The lowest BCUT2D eigenvalue weighted by Gasteiger charge is -2.18. The van der Waals surface area contributed by atoms with Crippen molar-refractivity contribution in [2.75, 3.05) is 36.8 Å². The molecule has 0 aliphatic heterocycles. The Morgan fingerprint density at radius 1 is 0.857 bits per heavy atom. The molecule has 0 rings (SSSR count). The van der Waals surface area contributed by atoms with Gasteiger partial charge in [-0.15, -0.1) is 0 Å². The first-order valence-electron chi connectivity index (χ1n) is 4.61. The molecule has 0 aliphatic carbocycles. The molecule has 0 aliphatic rings. The van der Waals surface area contributed by atoms with E-state index in [0.717, 1.165) is 23.7 Å². The van der Waals surface area contributed by atoms with Gasteiger partial charge in [-0.1, -0.05) is 31.9 Å². The van der Waals surface area contributed by atoms with Crippen LogP contribution in [0.3, 0.4) is 0 Å². The van der Waals surface area contributed by atoms with Crippen molar-refractivity contribution in [1.29, 1.82) is 0 Å². The van der Waals surface area contributed by atoms with Crippen LogP contribution in [0.25, 0.3) is 0 Å². The molecule has 0 aromatic heterocycles. The fraction of sp³-hybridized carbons (Fsp3) is 1.00. The molecule has 0 heterocycles. The van der Waals surface area contributed by atoms with Crippen molar-refractivity contribution in [2.24, 2.45) is 0 Å². The van der Waals surface area contributed by atoms with Crippen molar-refractivity contribution < 1.29 is 10.2 Å². The van der Waals surface area contributed by atoms with Crippen molar-refractivity contribution in [1.82, 2.24) is 10.6 Å². The van der Waals surface area contributed by atoms with Gasteiger partial charge < -0.3 is 20.8 Å². The topological polar surface area (TPSA) is 64.5 Å². The van der Waals surface area contributed by atoms with Crippen LogP contribution in [0, 0.1) is 0 Å². The largest absolute Gasteiger partial charge is 0.389 e. The Balaban J connectivity index is 3.39. The number of rotatable bonds is 9. The number of alkyl halides is 2. The molecule has 4 nitrogen and oxygen atoms in total. The molecule has 0 amide bonds. The van der Waals surface area contributed by atoms with E-state index in [1.165, 1.54) is 0 Å². The van der Waals surface area contributed by atoms with Crippen LogP contribution in [0.5, 0.6) is 0 Å². The van der Waals surface area contributed by atoms with Gasteiger partial charge in [0.25, 0.3) is 0 Å². The highest BCUT2D eigenvalue weighted by atomic mass is 79.9. The molecule has 4 N–H and O–H groups in total. The van der Waals surface area contributed by atoms with Crippen LogP contribution in [0.1, 0.15) is 0 Å². The van der Waals surface area contributed by atoms with Gasteiger partial charge in [0.15, 0.2) is 0 Å². The molecule has 6 heteroatoms. The Hall–Kier alpha value is 0.800. The fourth-order valence-corrected chi connectivity index (χ4v) is 1.47. The van der Waals surface area contributed by atoms with Crippen molar-refractivity contribution in [3.63, 3.8) is 0 Å². The molecule has 0 radical (unpaired) electrons. The van der Waals surface area contributed by atoms with Gasteiger partial charge in [0.1, 0.15) is 0 Å². The molecule has 86 valence electrons. The van der Waals surface area contributed by atoms with Crippen molar-refractivity contribution >= 4 is 31.9 Å². The normalized spacial score (nSPS) is 15.4. The highest BCUT2D eigenvalue weighted by Gasteiger charge is 2.14. The summed E-state index contributed by atoms with van der Waals surface area (Å²) in [4.78, 5) is 0. The minimum absolute atomic E-state index is 0.419. The number of hydrogen-bond acceptors (Lipinski definition) is 4. The first-order valence-corrected chi connectivity index (χ1v) is 6.86. The third-order valence-corrected chi connectivity index (χ3v) is 2.49. The maximum atomic E-state index is 9.46. The number of halogens is 2. The third kappa shape index (κ3) is 8.14. The molecule has 0 unspecified atom stereocenters. The predicted molar refractivity (Wildman–Crippen MR) is 65.3 cm³/mol. The van der Waals surface area contributed by atoms with Crippen LogP contribution in [-0.2, 0) is 0 Å². The number of nitrogens with one attached hydrogen (secondary N) is 2. The summed E-state index contributed by atoms with van der Waals surface area (Å²) in [6.07, 6.45) is -1.42. The molecular formula is C8H18Br2N2O2. The molecule has 14 heavy (non-hydrogen) atoms. The van der Waals surface area contributed by atoms with E-state index in [4.69, 9.17) is 0 Å². The van der Waals surface area contributed by atoms with Crippen LogP contribution in [0.2, 0.25) is 0 Å². The summed E-state index contributed by atoms with van der Waals surface area (Å²) in [6.45, 7) is 2.42. The van der Waals surface area contributed by atoms with Crippen LogP contribution >= 0.6 is 31.9 Å². The predicted octanol–water partition coefficient (Wildman–Crippen LogP) is -0.323. The van der Waals surface area contributed by atoms with E-state index in [1.54, 1.807) is 0 Å². The Bertz CT molecular complexity index is 116. The van der Waals surface area contributed by atoms with Gasteiger partial charge >= 0.3 is 0 Å². The van der Waals surface area contributed by atoms with Crippen LogP contribution in [0.15, 0.2) is 0 Å². The van der Waals surface area contributed by atoms with Crippen molar-refractivity contribution in [3.05, 3.63) is 0 Å². The van der Waals surface area contributed by atoms with Crippen LogP contribution < -0.4 is 10.6 Å². The highest BCUT2D eigenvalue weighted by Crippen LogP contribution is 1.91. The maximum Gasteiger partial charge on any atom is 0.0935 e. The van der Waals surface area contributed by atoms with Gasteiger partial charge in [0.2, 0.25) is 0 Å². The first kappa shape index (κ1) is 14.8. The Morgan fingerprint density at radius 2 is 1.21 bits per heavy atom. The minimum atomic E-state index is -0.711. The molecule has 0 aromatic carbocycles. The summed E-state index contributed by atoms with van der Waals surface area (Å²) in [7, 11) is 0. The Kier molecular flexibility index (Phi) is 10.9. The quantitative estimate of drug-likeness (QED) is 0.345. The van der Waals surface area contributed by atoms with Gasteiger partial charge in [-0.3, -0.25) is 0 Å². The lowest BCUT2D eigenvalue weighted by Crippen LogP contribution is -2.42. The first-order chi connectivity index (χ1) is 6.72. The zero-order valence-electron chi connectivity index (χ0n) is 8.05. The molecule has 0 saturated carbocycles. The van der Waals surface area contributed by atoms with E-state index in [0.29, 0.717) is 13.1 Å². The van der Waals surface area contributed by atoms with Crippen molar-refractivity contribution in [3.8, 4) is 0 Å². The summed E-state index contributed by atoms with van der Waals surface area (Å²) in [5.74, 6) is 0. The molecule has 2 atom stereocenters. The van der Waals surface area contributed by atoms with Gasteiger partial charge in [-0.05, 0) is 0 Å². The SMILES string of the molecule is O[C@H](CNCCBr)[C@@H](O)CNCCBr. The van der Waals surface area contributed by atoms with Gasteiger partial charge in [0.05, 0.1) is 12.2 Å². The van der Waals surface area contributed by atoms with Gasteiger partial charge in [0, 0.05) is 36.8 Å². The maximum absolute atomic E-state index is 9.46. The second-order valence-electron chi connectivity index (χ2n) is 2.92. The van der Waals surface area contributed by atoms with Crippen molar-refractivity contribution in [2.45, 2.75) is 12.2 Å². The lowest BCUT2D eigenvalue weighted by atomic mass is 10.2. The monoisotopic (exact) mass is 332 g/mol. The van der Waals surface area contributed by atoms with E-state index in [9.17, 15) is 10.2 Å². The van der Waals surface area contributed by atoms with Crippen LogP contribution in [-0.4, -0.2) is 59.3 Å². The Morgan fingerprint density at radius 3 is 1.50 bits per heavy atom. The second kappa shape index (κ2) is 10.3. The van der Waals surface area contributed by atoms with E-state index < -0.39 is 12.2 Å². The molecule has 0 bridgehead atoms. The lowest BCUT2D eigenvalue weighted by molar-refractivity contribution is 0.0216. The number of aliphatic hydroxyl groups is 2. The number of hydrogen-bond donors (Lipinski definition) is 4. The highest BCUT2D eigenvalue weighted by molar-refractivity contribution is 9.09. The molecule has 0 saturated heterocycles. The zero-order valence-corrected chi connectivity index (χ0v) is 11.2. The van der Waals surface area contributed by atoms with E-state index in [2.05, 4.69) is 42.5 Å². The summed E-state index contributed by atoms with van der Waals surface area (Å²) in [5, 5.41) is 26.6. The summed E-state index contributed by atoms with van der Waals surface area (Å²) in [5.41, 5.74) is 0. The molecule has 0 fully saturated rings. The summed E-state index contributed by atoms with van der Waals surface area (Å²) >= 11 is 6.53. The molecular weight excluding hydrogens is 316 g/mol. The zero-order chi connectivity index (χ0) is 10.8. The molecule has 0 spiro atoms. The fourth-order valence-electron chi connectivity index (χ4n) is 0.906.